The minimum atomic E-state index is -0.507. The number of nitrogens with zero attached hydrogens (tertiary/aromatic N) is 6. The van der Waals surface area contributed by atoms with Gasteiger partial charge < -0.3 is 4.90 Å². The quantitative estimate of drug-likeness (QED) is 0.495. The van der Waals surface area contributed by atoms with Crippen molar-refractivity contribution in [3.63, 3.8) is 0 Å². The smallest absolute Gasteiger partial charge is 0.291 e. The molecule has 152 valence electrons. The predicted molar refractivity (Wildman–Crippen MR) is 120 cm³/mol. The molecule has 1 aliphatic rings. The first-order valence-electron chi connectivity index (χ1n) is 10.1. The molecule has 1 saturated heterocycles. The number of nitriles is 2. The number of aromatic nitrogens is 3. The standard InChI is InChI=1S/C23H18N6OS/c24-14-17-20(19-10-7-13-31-19)18(15-25)22(30)29-21(17)28(16-8-3-1-4-9-16)23(26-29)27-11-5-2-6-12-27/h1,3-4,7-10,13H,2,5-6,11-12H2. The van der Waals surface area contributed by atoms with Gasteiger partial charge in [0.1, 0.15) is 23.3 Å². The minimum Gasteiger partial charge on any atom is -0.341 e. The monoisotopic (exact) mass is 426 g/mol. The van der Waals surface area contributed by atoms with Crippen molar-refractivity contribution in [1.29, 1.82) is 10.5 Å². The second-order valence-corrected chi connectivity index (χ2v) is 8.33. The number of fused-ring (bicyclic) bond motifs is 1. The van der Waals surface area contributed by atoms with Gasteiger partial charge in [0.2, 0.25) is 5.95 Å². The maximum atomic E-state index is 13.4. The minimum absolute atomic E-state index is 0.0561. The fourth-order valence-electron chi connectivity index (χ4n) is 4.17. The van der Waals surface area contributed by atoms with Gasteiger partial charge in [-0.15, -0.1) is 16.4 Å². The van der Waals surface area contributed by atoms with E-state index < -0.39 is 5.56 Å². The number of para-hydroxylation sites is 1. The zero-order valence-corrected chi connectivity index (χ0v) is 17.5. The van der Waals surface area contributed by atoms with Gasteiger partial charge in [-0.1, -0.05) is 24.3 Å². The molecule has 8 heteroatoms. The lowest BCUT2D eigenvalue weighted by Gasteiger charge is -2.27. The molecule has 3 aromatic heterocycles. The Morgan fingerprint density at radius 3 is 2.32 bits per heavy atom. The van der Waals surface area contributed by atoms with Crippen molar-refractivity contribution in [1.82, 2.24) is 14.2 Å². The number of pyridine rings is 1. The van der Waals surface area contributed by atoms with E-state index in [1.54, 1.807) is 0 Å². The Bertz CT molecular complexity index is 1400. The Kier molecular flexibility index (Phi) is 4.78. The van der Waals surface area contributed by atoms with Crippen LogP contribution in [0.2, 0.25) is 0 Å². The second kappa shape index (κ2) is 7.75. The highest BCUT2D eigenvalue weighted by atomic mass is 32.1. The summed E-state index contributed by atoms with van der Waals surface area (Å²) in [6.45, 7) is 1.66. The fourth-order valence-corrected chi connectivity index (χ4v) is 4.95. The highest BCUT2D eigenvalue weighted by molar-refractivity contribution is 7.13. The van der Waals surface area contributed by atoms with Crippen LogP contribution in [0.5, 0.6) is 0 Å². The van der Waals surface area contributed by atoms with Crippen LogP contribution in [0.4, 0.5) is 5.95 Å². The van der Waals surface area contributed by atoms with E-state index in [1.165, 1.54) is 15.9 Å². The van der Waals surface area contributed by atoms with E-state index in [0.717, 1.165) is 38.0 Å². The van der Waals surface area contributed by atoms with E-state index in [9.17, 15) is 15.3 Å². The van der Waals surface area contributed by atoms with E-state index in [-0.39, 0.29) is 11.1 Å². The molecule has 0 saturated carbocycles. The lowest BCUT2D eigenvalue weighted by atomic mass is 10.0. The third-order valence-corrected chi connectivity index (χ3v) is 6.46. The van der Waals surface area contributed by atoms with Crippen molar-refractivity contribution < 1.29 is 0 Å². The summed E-state index contributed by atoms with van der Waals surface area (Å²) in [4.78, 5) is 16.2. The van der Waals surface area contributed by atoms with Crippen molar-refractivity contribution >= 4 is 22.9 Å². The predicted octanol–water partition coefficient (Wildman–Crippen LogP) is 3.95. The van der Waals surface area contributed by atoms with Crippen LogP contribution in [-0.4, -0.2) is 27.3 Å². The summed E-state index contributed by atoms with van der Waals surface area (Å²) < 4.78 is 3.11. The van der Waals surface area contributed by atoms with Crippen molar-refractivity contribution in [3.8, 4) is 28.3 Å². The van der Waals surface area contributed by atoms with E-state index in [0.29, 0.717) is 22.0 Å². The van der Waals surface area contributed by atoms with Gasteiger partial charge in [-0.3, -0.25) is 9.36 Å². The second-order valence-electron chi connectivity index (χ2n) is 7.39. The molecule has 0 radical (unpaired) electrons. The first-order valence-corrected chi connectivity index (χ1v) is 11.0. The molecule has 0 unspecified atom stereocenters. The molecule has 0 amide bonds. The number of hydrogen-bond acceptors (Lipinski definition) is 6. The average molecular weight is 427 g/mol. The van der Waals surface area contributed by atoms with Crippen LogP contribution in [0.3, 0.4) is 0 Å². The number of piperidine rings is 1. The summed E-state index contributed by atoms with van der Waals surface area (Å²) >= 11 is 1.40. The largest absolute Gasteiger partial charge is 0.341 e. The average Bonchev–Trinajstić information content (AvgIpc) is 3.49. The van der Waals surface area contributed by atoms with Crippen LogP contribution < -0.4 is 10.5 Å². The van der Waals surface area contributed by atoms with E-state index >= 15 is 0 Å². The molecule has 0 N–H and O–H groups in total. The molecule has 5 rings (SSSR count). The highest BCUT2D eigenvalue weighted by Gasteiger charge is 2.28. The van der Waals surface area contributed by atoms with Crippen molar-refractivity contribution in [2.45, 2.75) is 19.3 Å². The SMILES string of the molecule is N#Cc1c(-c2cccs2)c(C#N)c2n(-c3ccccc3)c(N3CCCCC3)nn2c1=O. The van der Waals surface area contributed by atoms with Gasteiger partial charge in [-0.25, -0.2) is 0 Å². The van der Waals surface area contributed by atoms with Crippen LogP contribution in [0.25, 0.3) is 21.8 Å². The van der Waals surface area contributed by atoms with Gasteiger partial charge in [-0.2, -0.15) is 15.0 Å². The van der Waals surface area contributed by atoms with Crippen LogP contribution in [0.15, 0.2) is 52.6 Å². The summed E-state index contributed by atoms with van der Waals surface area (Å²) in [6.07, 6.45) is 3.25. The normalized spacial score (nSPS) is 13.8. The van der Waals surface area contributed by atoms with Gasteiger partial charge in [-0.05, 0) is 42.8 Å². The molecule has 0 aliphatic carbocycles. The van der Waals surface area contributed by atoms with Crippen molar-refractivity contribution in [2.24, 2.45) is 0 Å². The number of benzene rings is 1. The van der Waals surface area contributed by atoms with E-state index in [1.807, 2.05) is 58.5 Å². The molecular formula is C23H18N6OS. The molecule has 4 aromatic rings. The maximum absolute atomic E-state index is 13.4. The summed E-state index contributed by atoms with van der Waals surface area (Å²) in [7, 11) is 0. The first kappa shape index (κ1) is 19.1. The molecule has 1 aliphatic heterocycles. The first-order chi connectivity index (χ1) is 15.2. The number of anilines is 1. The Balaban J connectivity index is 1.95. The Morgan fingerprint density at radius 1 is 0.935 bits per heavy atom. The molecule has 0 spiro atoms. The Labute approximate surface area is 182 Å². The molecule has 0 bridgehead atoms. The Morgan fingerprint density at radius 2 is 1.68 bits per heavy atom. The van der Waals surface area contributed by atoms with Crippen LogP contribution in [0, 0.1) is 22.7 Å². The van der Waals surface area contributed by atoms with Gasteiger partial charge in [0.15, 0.2) is 5.65 Å². The third-order valence-electron chi connectivity index (χ3n) is 5.58. The Hall–Kier alpha value is -3.88. The molecular weight excluding hydrogens is 408 g/mol. The van der Waals surface area contributed by atoms with Crippen molar-refractivity contribution in [3.05, 3.63) is 69.3 Å². The highest BCUT2D eigenvalue weighted by Crippen LogP contribution is 2.34. The molecule has 31 heavy (non-hydrogen) atoms. The van der Waals surface area contributed by atoms with Gasteiger partial charge in [0, 0.05) is 23.5 Å². The van der Waals surface area contributed by atoms with Crippen LogP contribution in [-0.2, 0) is 0 Å². The van der Waals surface area contributed by atoms with Gasteiger partial charge in [0.05, 0.1) is 5.69 Å². The number of rotatable bonds is 3. The maximum Gasteiger partial charge on any atom is 0.291 e. The van der Waals surface area contributed by atoms with Gasteiger partial charge in [0.25, 0.3) is 5.56 Å². The summed E-state index contributed by atoms with van der Waals surface area (Å²) in [5.41, 5.74) is 1.30. The lowest BCUT2D eigenvalue weighted by molar-refractivity contribution is 0.564. The van der Waals surface area contributed by atoms with Crippen LogP contribution >= 0.6 is 11.3 Å². The zero-order valence-electron chi connectivity index (χ0n) is 16.7. The lowest BCUT2D eigenvalue weighted by Crippen LogP contribution is -2.31. The van der Waals surface area contributed by atoms with Crippen LogP contribution in [0.1, 0.15) is 30.4 Å². The number of thiophene rings is 1. The summed E-state index contributed by atoms with van der Waals surface area (Å²) in [5, 5.41) is 26.5. The molecule has 1 aromatic carbocycles. The van der Waals surface area contributed by atoms with E-state index in [2.05, 4.69) is 16.1 Å². The fraction of sp³-hybridized carbons (Fsp3) is 0.217. The van der Waals surface area contributed by atoms with Gasteiger partial charge >= 0.3 is 0 Å². The van der Waals surface area contributed by atoms with E-state index in [4.69, 9.17) is 0 Å². The van der Waals surface area contributed by atoms with Crippen molar-refractivity contribution in [2.75, 3.05) is 18.0 Å². The molecule has 7 nitrogen and oxygen atoms in total. The topological polar surface area (TPSA) is 90.1 Å². The zero-order chi connectivity index (χ0) is 21.4. The molecule has 0 atom stereocenters. The molecule has 4 heterocycles. The summed E-state index contributed by atoms with van der Waals surface area (Å²) in [5.74, 6) is 0.617. The summed E-state index contributed by atoms with van der Waals surface area (Å²) in [6, 6.07) is 17.6. The third kappa shape index (κ3) is 3.00. The number of hydrogen-bond donors (Lipinski definition) is 0. The molecule has 1 fully saturated rings.